The quantitative estimate of drug-likeness (QED) is 0.771. The zero-order chi connectivity index (χ0) is 15.5. The number of thiophene rings is 1. The molecule has 1 aliphatic carbocycles. The second kappa shape index (κ2) is 6.94. The van der Waals surface area contributed by atoms with Gasteiger partial charge in [-0.1, -0.05) is 33.3 Å². The Bertz CT molecular complexity index is 472. The zero-order valence-electron chi connectivity index (χ0n) is 13.8. The molecule has 0 radical (unpaired) electrons. The Morgan fingerprint density at radius 3 is 2.76 bits per heavy atom. The van der Waals surface area contributed by atoms with Crippen LogP contribution in [0.15, 0.2) is 17.5 Å². The molecule has 3 unspecified atom stereocenters. The zero-order valence-corrected chi connectivity index (χ0v) is 14.6. The van der Waals surface area contributed by atoms with Gasteiger partial charge < -0.3 is 0 Å². The van der Waals surface area contributed by atoms with Crippen molar-refractivity contribution < 1.29 is 0 Å². The van der Waals surface area contributed by atoms with Crippen LogP contribution in [0.2, 0.25) is 0 Å². The van der Waals surface area contributed by atoms with Gasteiger partial charge in [0, 0.05) is 17.5 Å². The minimum absolute atomic E-state index is 0.193. The summed E-state index contributed by atoms with van der Waals surface area (Å²) in [6, 6.07) is 7.27. The summed E-state index contributed by atoms with van der Waals surface area (Å²) in [5.41, 5.74) is 0.391. The van der Waals surface area contributed by atoms with Crippen LogP contribution in [0.3, 0.4) is 0 Å². The molecule has 1 heterocycles. The molecule has 0 N–H and O–H groups in total. The topological polar surface area (TPSA) is 27.0 Å². The van der Waals surface area contributed by atoms with Crippen LogP contribution in [0, 0.1) is 28.6 Å². The molecule has 2 nitrogen and oxygen atoms in total. The van der Waals surface area contributed by atoms with Gasteiger partial charge in [0.15, 0.2) is 0 Å². The first-order valence-corrected chi connectivity index (χ1v) is 8.98. The van der Waals surface area contributed by atoms with E-state index in [1.807, 2.05) is 11.3 Å². The first kappa shape index (κ1) is 16.5. The molecule has 0 spiro atoms. The van der Waals surface area contributed by atoms with E-state index in [4.69, 9.17) is 0 Å². The van der Waals surface area contributed by atoms with Gasteiger partial charge in [-0.2, -0.15) is 5.26 Å². The van der Waals surface area contributed by atoms with E-state index in [-0.39, 0.29) is 5.92 Å². The largest absolute Gasteiger partial charge is 0.297 e. The van der Waals surface area contributed by atoms with Gasteiger partial charge in [-0.3, -0.25) is 4.90 Å². The van der Waals surface area contributed by atoms with Crippen LogP contribution in [0.4, 0.5) is 0 Å². The van der Waals surface area contributed by atoms with Crippen molar-refractivity contribution in [2.75, 3.05) is 7.05 Å². The maximum absolute atomic E-state index is 9.51. The molecular formula is C18H28N2S. The van der Waals surface area contributed by atoms with Gasteiger partial charge in [-0.05, 0) is 49.1 Å². The molecule has 1 aromatic rings. The van der Waals surface area contributed by atoms with E-state index in [0.29, 0.717) is 11.5 Å². The smallest absolute Gasteiger partial charge is 0.0672 e. The summed E-state index contributed by atoms with van der Waals surface area (Å²) in [6.45, 7) is 8.04. The lowest BCUT2D eigenvalue weighted by Gasteiger charge is -2.44. The highest BCUT2D eigenvalue weighted by molar-refractivity contribution is 7.09. The normalized spacial score (nSPS) is 26.8. The van der Waals surface area contributed by atoms with E-state index < -0.39 is 0 Å². The molecule has 21 heavy (non-hydrogen) atoms. The number of nitrogens with zero attached hydrogens (tertiary/aromatic N) is 2. The van der Waals surface area contributed by atoms with Gasteiger partial charge in [0.05, 0.1) is 12.0 Å². The summed E-state index contributed by atoms with van der Waals surface area (Å²) >= 11 is 1.81. The van der Waals surface area contributed by atoms with Gasteiger partial charge >= 0.3 is 0 Å². The molecule has 1 aromatic heterocycles. The van der Waals surface area contributed by atoms with Crippen LogP contribution in [-0.2, 0) is 6.54 Å². The van der Waals surface area contributed by atoms with Crippen molar-refractivity contribution in [3.05, 3.63) is 22.4 Å². The van der Waals surface area contributed by atoms with Crippen LogP contribution in [0.1, 0.15) is 51.3 Å². The van der Waals surface area contributed by atoms with Crippen molar-refractivity contribution in [2.45, 2.75) is 59.0 Å². The maximum Gasteiger partial charge on any atom is 0.0672 e. The molecule has 116 valence electrons. The van der Waals surface area contributed by atoms with Crippen LogP contribution >= 0.6 is 11.3 Å². The van der Waals surface area contributed by atoms with Crippen molar-refractivity contribution in [3.8, 4) is 6.07 Å². The van der Waals surface area contributed by atoms with Gasteiger partial charge in [0.2, 0.25) is 0 Å². The lowest BCUT2D eigenvalue weighted by Crippen LogP contribution is -2.44. The van der Waals surface area contributed by atoms with Crippen LogP contribution in [0.5, 0.6) is 0 Å². The molecule has 0 aliphatic heterocycles. The third-order valence-electron chi connectivity index (χ3n) is 5.55. The molecule has 1 aliphatic rings. The van der Waals surface area contributed by atoms with Crippen molar-refractivity contribution in [1.29, 1.82) is 5.26 Å². The van der Waals surface area contributed by atoms with Crippen LogP contribution in [-0.4, -0.2) is 18.0 Å². The average molecular weight is 305 g/mol. The van der Waals surface area contributed by atoms with E-state index >= 15 is 0 Å². The molecule has 0 amide bonds. The first-order chi connectivity index (χ1) is 9.97. The van der Waals surface area contributed by atoms with Crippen LogP contribution in [0.25, 0.3) is 0 Å². The second-order valence-corrected chi connectivity index (χ2v) is 8.18. The van der Waals surface area contributed by atoms with E-state index in [9.17, 15) is 5.26 Å². The summed E-state index contributed by atoms with van der Waals surface area (Å²) < 4.78 is 0. The lowest BCUT2D eigenvalue weighted by atomic mass is 9.66. The van der Waals surface area contributed by atoms with Crippen molar-refractivity contribution >= 4 is 11.3 Å². The molecule has 0 bridgehead atoms. The predicted octanol–water partition coefficient (Wildman–Crippen LogP) is 4.92. The lowest BCUT2D eigenvalue weighted by molar-refractivity contribution is 0.0617. The molecule has 3 heteroatoms. The Morgan fingerprint density at radius 1 is 1.43 bits per heavy atom. The minimum Gasteiger partial charge on any atom is -0.297 e. The molecule has 0 saturated heterocycles. The highest BCUT2D eigenvalue weighted by Gasteiger charge is 2.38. The van der Waals surface area contributed by atoms with E-state index in [0.717, 1.165) is 18.9 Å². The number of hydrogen-bond donors (Lipinski definition) is 0. The van der Waals surface area contributed by atoms with Gasteiger partial charge in [-0.25, -0.2) is 0 Å². The fourth-order valence-corrected chi connectivity index (χ4v) is 4.32. The summed E-state index contributed by atoms with van der Waals surface area (Å²) in [5.74, 6) is 0.932. The second-order valence-electron chi connectivity index (χ2n) is 7.15. The van der Waals surface area contributed by atoms with E-state index in [1.54, 1.807) is 0 Å². The predicted molar refractivity (Wildman–Crippen MR) is 90.1 cm³/mol. The Kier molecular flexibility index (Phi) is 5.46. The van der Waals surface area contributed by atoms with Crippen molar-refractivity contribution in [3.63, 3.8) is 0 Å². The first-order valence-electron chi connectivity index (χ1n) is 8.10. The molecule has 0 aromatic carbocycles. The number of hydrogen-bond acceptors (Lipinski definition) is 3. The Labute approximate surface area is 133 Å². The SMILES string of the molecule is CCC(C)(C)C1CCC(C#N)C(N(C)Cc2cccs2)C1. The highest BCUT2D eigenvalue weighted by Crippen LogP contribution is 2.43. The summed E-state index contributed by atoms with van der Waals surface area (Å²) in [4.78, 5) is 3.81. The Balaban J connectivity index is 2.08. The maximum atomic E-state index is 9.51. The minimum atomic E-state index is 0.193. The van der Waals surface area contributed by atoms with Gasteiger partial charge in [-0.15, -0.1) is 11.3 Å². The number of nitriles is 1. The fraction of sp³-hybridized carbons (Fsp3) is 0.722. The van der Waals surface area contributed by atoms with Gasteiger partial charge in [0.1, 0.15) is 0 Å². The molecular weight excluding hydrogens is 276 g/mol. The average Bonchev–Trinajstić information content (AvgIpc) is 2.99. The molecule has 1 saturated carbocycles. The summed E-state index contributed by atoms with van der Waals surface area (Å²) in [5, 5.41) is 11.6. The van der Waals surface area contributed by atoms with Crippen molar-refractivity contribution in [2.24, 2.45) is 17.3 Å². The standard InChI is InChI=1S/C18H28N2S/c1-5-18(2,3)15-9-8-14(12-19)17(11-15)20(4)13-16-7-6-10-21-16/h6-7,10,14-15,17H,5,8-9,11,13H2,1-4H3. The summed E-state index contributed by atoms with van der Waals surface area (Å²) in [6.07, 6.45) is 4.66. The Hall–Kier alpha value is -0.850. The molecule has 3 atom stereocenters. The number of rotatable bonds is 5. The van der Waals surface area contributed by atoms with Crippen LogP contribution < -0.4 is 0 Å². The van der Waals surface area contributed by atoms with Crippen molar-refractivity contribution in [1.82, 2.24) is 4.90 Å². The summed E-state index contributed by atoms with van der Waals surface area (Å²) in [7, 11) is 2.19. The third-order valence-corrected chi connectivity index (χ3v) is 6.41. The monoisotopic (exact) mass is 304 g/mol. The molecule has 1 fully saturated rings. The Morgan fingerprint density at radius 2 is 2.19 bits per heavy atom. The fourth-order valence-electron chi connectivity index (χ4n) is 3.55. The van der Waals surface area contributed by atoms with E-state index in [1.165, 1.54) is 24.1 Å². The highest BCUT2D eigenvalue weighted by atomic mass is 32.1. The molecule has 2 rings (SSSR count). The van der Waals surface area contributed by atoms with E-state index in [2.05, 4.69) is 56.3 Å². The van der Waals surface area contributed by atoms with Gasteiger partial charge in [0.25, 0.3) is 0 Å². The third kappa shape index (κ3) is 3.87.